The number of rotatable bonds is 4. The Hall–Kier alpha value is -2.96. The molecular formula is C18H15F2NO4. The number of methoxy groups -OCH3 is 2. The van der Waals surface area contributed by atoms with Gasteiger partial charge < -0.3 is 9.47 Å². The Balaban J connectivity index is 2.32. The number of amides is 1. The highest BCUT2D eigenvalue weighted by atomic mass is 19.3. The lowest BCUT2D eigenvalue weighted by atomic mass is 9.81. The Bertz CT molecular complexity index is 825. The van der Waals surface area contributed by atoms with Crippen molar-refractivity contribution in [1.29, 1.82) is 0 Å². The van der Waals surface area contributed by atoms with E-state index in [0.717, 1.165) is 12.0 Å². The lowest BCUT2D eigenvalue weighted by molar-refractivity contribution is -0.158. The maximum atomic E-state index is 14.1. The van der Waals surface area contributed by atoms with Gasteiger partial charge in [-0.3, -0.25) is 14.5 Å². The minimum Gasteiger partial charge on any atom is -0.497 e. The van der Waals surface area contributed by atoms with E-state index in [9.17, 15) is 18.4 Å². The van der Waals surface area contributed by atoms with Crippen LogP contribution in [0.2, 0.25) is 0 Å². The predicted octanol–water partition coefficient (Wildman–Crippen LogP) is 3.05. The van der Waals surface area contributed by atoms with Crippen molar-refractivity contribution in [1.82, 2.24) is 0 Å². The third-order valence-electron chi connectivity index (χ3n) is 4.26. The molecule has 1 aliphatic heterocycles. The number of fused-ring (bicyclic) bond motifs is 1. The number of esters is 1. The molecule has 1 unspecified atom stereocenters. The summed E-state index contributed by atoms with van der Waals surface area (Å²) in [7, 11) is 2.35. The summed E-state index contributed by atoms with van der Waals surface area (Å²) in [5, 5.41) is 0. The molecule has 0 radical (unpaired) electrons. The van der Waals surface area contributed by atoms with E-state index in [0.29, 0.717) is 5.69 Å². The first kappa shape index (κ1) is 16.9. The molecular weight excluding hydrogens is 332 g/mol. The van der Waals surface area contributed by atoms with Gasteiger partial charge in [-0.25, -0.2) is 8.78 Å². The summed E-state index contributed by atoms with van der Waals surface area (Å²) in [5.74, 6) is -2.10. The fourth-order valence-electron chi connectivity index (χ4n) is 3.05. The van der Waals surface area contributed by atoms with Crippen LogP contribution in [0.25, 0.3) is 0 Å². The highest BCUT2D eigenvalue weighted by Crippen LogP contribution is 2.50. The van der Waals surface area contributed by atoms with Crippen molar-refractivity contribution in [2.45, 2.75) is 11.8 Å². The summed E-state index contributed by atoms with van der Waals surface area (Å²) in [4.78, 5) is 26.5. The van der Waals surface area contributed by atoms with Crippen LogP contribution in [-0.4, -0.2) is 32.5 Å². The van der Waals surface area contributed by atoms with Gasteiger partial charge in [-0.05, 0) is 30.3 Å². The first-order valence-electron chi connectivity index (χ1n) is 7.43. The lowest BCUT2D eigenvalue weighted by Gasteiger charge is -2.25. The van der Waals surface area contributed by atoms with Crippen LogP contribution in [0.3, 0.4) is 0 Å². The van der Waals surface area contributed by atoms with Crippen molar-refractivity contribution < 1.29 is 27.8 Å². The molecule has 25 heavy (non-hydrogen) atoms. The summed E-state index contributed by atoms with van der Waals surface area (Å²) in [6, 6.07) is 12.6. The van der Waals surface area contributed by atoms with Gasteiger partial charge in [0, 0.05) is 11.3 Å². The minimum atomic E-state index is -3.29. The Morgan fingerprint density at radius 1 is 1.12 bits per heavy atom. The second-order valence-electron chi connectivity index (χ2n) is 5.46. The third kappa shape index (κ3) is 2.26. The van der Waals surface area contributed by atoms with Gasteiger partial charge in [-0.2, -0.15) is 0 Å². The van der Waals surface area contributed by atoms with E-state index in [1.54, 1.807) is 36.4 Å². The largest absolute Gasteiger partial charge is 0.497 e. The summed E-state index contributed by atoms with van der Waals surface area (Å²) < 4.78 is 37.8. The quantitative estimate of drug-likeness (QED) is 0.630. The molecule has 1 amide bonds. The predicted molar refractivity (Wildman–Crippen MR) is 86.3 cm³/mol. The molecule has 2 aromatic rings. The van der Waals surface area contributed by atoms with E-state index in [1.807, 2.05) is 0 Å². The number of alkyl halides is 2. The molecule has 0 aliphatic carbocycles. The average molecular weight is 347 g/mol. The Labute approximate surface area is 142 Å². The van der Waals surface area contributed by atoms with Crippen LogP contribution in [-0.2, 0) is 19.7 Å². The highest BCUT2D eigenvalue weighted by molar-refractivity contribution is 6.23. The lowest BCUT2D eigenvalue weighted by Crippen LogP contribution is -2.51. The second kappa shape index (κ2) is 6.16. The van der Waals surface area contributed by atoms with Crippen LogP contribution < -0.4 is 9.64 Å². The third-order valence-corrected chi connectivity index (χ3v) is 4.26. The average Bonchev–Trinajstić information content (AvgIpc) is 2.90. The molecule has 0 saturated heterocycles. The van der Waals surface area contributed by atoms with Crippen molar-refractivity contribution in [3.8, 4) is 5.75 Å². The first-order chi connectivity index (χ1) is 12.0. The summed E-state index contributed by atoms with van der Waals surface area (Å²) in [6.07, 6.45) is -3.29. The standard InChI is InChI=1S/C18H15F2NO4/c1-24-12-8-9-14-13(10-12)18(15(19)20,17(23)25-2)16(22)21(14)11-6-4-3-5-7-11/h3-10,15H,1-2H3. The number of hydrogen-bond acceptors (Lipinski definition) is 4. The smallest absolute Gasteiger partial charge is 0.332 e. The van der Waals surface area contributed by atoms with Crippen molar-refractivity contribution >= 4 is 23.3 Å². The van der Waals surface area contributed by atoms with E-state index in [1.165, 1.54) is 19.2 Å². The van der Waals surface area contributed by atoms with Crippen LogP contribution in [0.4, 0.5) is 20.2 Å². The van der Waals surface area contributed by atoms with Gasteiger partial charge >= 0.3 is 5.97 Å². The second-order valence-corrected chi connectivity index (χ2v) is 5.46. The maximum Gasteiger partial charge on any atom is 0.332 e. The van der Waals surface area contributed by atoms with Gasteiger partial charge in [0.25, 0.3) is 12.3 Å². The normalized spacial score (nSPS) is 19.1. The van der Waals surface area contributed by atoms with E-state index in [-0.39, 0.29) is 17.0 Å². The summed E-state index contributed by atoms with van der Waals surface area (Å²) in [6.45, 7) is 0. The summed E-state index contributed by atoms with van der Waals surface area (Å²) >= 11 is 0. The number of ether oxygens (including phenoxy) is 2. The molecule has 0 bridgehead atoms. The molecule has 1 aliphatic rings. The van der Waals surface area contributed by atoms with Gasteiger partial charge in [0.1, 0.15) is 5.75 Å². The Morgan fingerprint density at radius 2 is 1.80 bits per heavy atom. The van der Waals surface area contributed by atoms with E-state index in [2.05, 4.69) is 4.74 Å². The molecule has 1 atom stereocenters. The molecule has 2 aromatic carbocycles. The van der Waals surface area contributed by atoms with Crippen LogP contribution in [0.5, 0.6) is 5.75 Å². The molecule has 1 heterocycles. The zero-order chi connectivity index (χ0) is 18.2. The molecule has 0 N–H and O–H groups in total. The van der Waals surface area contributed by atoms with Crippen LogP contribution in [0.15, 0.2) is 48.5 Å². The van der Waals surface area contributed by atoms with Crippen molar-refractivity contribution in [2.24, 2.45) is 0 Å². The first-order valence-corrected chi connectivity index (χ1v) is 7.43. The number of carbonyl (C=O) groups is 2. The van der Waals surface area contributed by atoms with Crippen LogP contribution in [0.1, 0.15) is 5.56 Å². The van der Waals surface area contributed by atoms with Crippen molar-refractivity contribution in [3.63, 3.8) is 0 Å². The number of benzene rings is 2. The molecule has 0 fully saturated rings. The van der Waals surface area contributed by atoms with Crippen LogP contribution >= 0.6 is 0 Å². The zero-order valence-electron chi connectivity index (χ0n) is 13.5. The fraction of sp³-hybridized carbons (Fsp3) is 0.222. The molecule has 5 nitrogen and oxygen atoms in total. The zero-order valence-corrected chi connectivity index (χ0v) is 13.5. The number of hydrogen-bond donors (Lipinski definition) is 0. The minimum absolute atomic E-state index is 0.137. The number of nitrogens with zero attached hydrogens (tertiary/aromatic N) is 1. The SMILES string of the molecule is COC(=O)C1(C(F)F)C(=O)N(c2ccccc2)c2ccc(OC)cc21. The molecule has 130 valence electrons. The van der Waals surface area contributed by atoms with E-state index >= 15 is 0 Å². The Morgan fingerprint density at radius 3 is 2.36 bits per heavy atom. The number of carbonyl (C=O) groups excluding carboxylic acids is 2. The van der Waals surface area contributed by atoms with Crippen molar-refractivity contribution in [3.05, 3.63) is 54.1 Å². The number of anilines is 2. The van der Waals surface area contributed by atoms with Crippen molar-refractivity contribution in [2.75, 3.05) is 19.1 Å². The molecule has 0 aromatic heterocycles. The maximum absolute atomic E-state index is 14.1. The van der Waals surface area contributed by atoms with Gasteiger partial charge in [-0.1, -0.05) is 18.2 Å². The molecule has 3 rings (SSSR count). The topological polar surface area (TPSA) is 55.8 Å². The van der Waals surface area contributed by atoms with Crippen LogP contribution in [0, 0.1) is 0 Å². The van der Waals surface area contributed by atoms with Gasteiger partial charge in [-0.15, -0.1) is 0 Å². The number of halogens is 2. The van der Waals surface area contributed by atoms with E-state index < -0.39 is 23.7 Å². The highest BCUT2D eigenvalue weighted by Gasteiger charge is 2.64. The number of para-hydroxylation sites is 1. The van der Waals surface area contributed by atoms with E-state index in [4.69, 9.17) is 4.74 Å². The fourth-order valence-corrected chi connectivity index (χ4v) is 3.05. The molecule has 0 saturated carbocycles. The summed E-state index contributed by atoms with van der Waals surface area (Å²) in [5.41, 5.74) is -2.29. The monoisotopic (exact) mass is 347 g/mol. The Kier molecular flexibility index (Phi) is 4.16. The van der Waals surface area contributed by atoms with Gasteiger partial charge in [0.2, 0.25) is 5.41 Å². The molecule has 0 spiro atoms. The van der Waals surface area contributed by atoms with Gasteiger partial charge in [0.15, 0.2) is 0 Å². The van der Waals surface area contributed by atoms with Gasteiger partial charge in [0.05, 0.1) is 19.9 Å². The molecule has 7 heteroatoms.